The number of benzene rings is 2. The Labute approximate surface area is 173 Å². The molecule has 0 aliphatic heterocycles. The van der Waals surface area contributed by atoms with Gasteiger partial charge in [-0.3, -0.25) is 9.52 Å². The van der Waals surface area contributed by atoms with E-state index in [1.165, 1.54) is 30.5 Å². The van der Waals surface area contributed by atoms with Gasteiger partial charge in [0.05, 0.1) is 17.2 Å². The number of sulfonamides is 1. The maximum Gasteiger partial charge on any atom is 0.261 e. The summed E-state index contributed by atoms with van der Waals surface area (Å²) in [4.78, 5) is 12.4. The van der Waals surface area contributed by atoms with Gasteiger partial charge < -0.3 is 14.9 Å². The molecule has 0 saturated heterocycles. The summed E-state index contributed by atoms with van der Waals surface area (Å²) in [5.41, 5.74) is 0.933. The zero-order valence-corrected chi connectivity index (χ0v) is 16.6. The molecule has 30 heavy (non-hydrogen) atoms. The fourth-order valence-electron chi connectivity index (χ4n) is 2.70. The normalized spacial score (nSPS) is 13.1. The number of rotatable bonds is 7. The first-order chi connectivity index (χ1) is 14.3. The van der Waals surface area contributed by atoms with Gasteiger partial charge in [-0.05, 0) is 43.3 Å². The van der Waals surface area contributed by atoms with Gasteiger partial charge in [0, 0.05) is 16.9 Å². The number of anilines is 2. The second-order valence-electron chi connectivity index (χ2n) is 6.37. The first kappa shape index (κ1) is 21.0. The molecule has 0 spiro atoms. The molecule has 154 valence electrons. The van der Waals surface area contributed by atoms with Crippen LogP contribution in [0.1, 0.15) is 17.4 Å². The quantitative estimate of drug-likeness (QED) is 0.526. The van der Waals surface area contributed by atoms with Crippen molar-refractivity contribution in [1.29, 1.82) is 5.26 Å². The summed E-state index contributed by atoms with van der Waals surface area (Å²) >= 11 is 0. The predicted molar refractivity (Wildman–Crippen MR) is 108 cm³/mol. The van der Waals surface area contributed by atoms with Crippen molar-refractivity contribution in [2.75, 3.05) is 10.0 Å². The molecule has 0 aliphatic rings. The lowest BCUT2D eigenvalue weighted by atomic mass is 9.97. The van der Waals surface area contributed by atoms with Crippen molar-refractivity contribution < 1.29 is 22.8 Å². The highest BCUT2D eigenvalue weighted by atomic mass is 32.2. The number of hydrogen-bond donors (Lipinski definition) is 3. The molecule has 0 fully saturated rings. The van der Waals surface area contributed by atoms with E-state index in [0.29, 0.717) is 11.4 Å². The number of carbonyl (C=O) groups is 1. The number of aromatic nitrogens is 1. The first-order valence-corrected chi connectivity index (χ1v) is 10.3. The number of aryl methyl sites for hydroxylation is 1. The fraction of sp³-hybridized carbons (Fsp3) is 0.150. The average molecular weight is 426 g/mol. The molecule has 1 heterocycles. The lowest BCUT2D eigenvalue weighted by molar-refractivity contribution is -0.121. The molecule has 9 nitrogen and oxygen atoms in total. The number of aliphatic hydroxyl groups excluding tert-OH is 1. The molecular weight excluding hydrogens is 408 g/mol. The van der Waals surface area contributed by atoms with Crippen LogP contribution in [0, 0.1) is 24.2 Å². The Morgan fingerprint density at radius 3 is 2.37 bits per heavy atom. The Balaban J connectivity index is 1.71. The number of aliphatic hydroxyl groups is 1. The Hall–Kier alpha value is -3.68. The summed E-state index contributed by atoms with van der Waals surface area (Å²) in [7, 11) is -3.80. The summed E-state index contributed by atoms with van der Waals surface area (Å²) in [6.45, 7) is 1.56. The first-order valence-electron chi connectivity index (χ1n) is 8.79. The Morgan fingerprint density at radius 2 is 1.80 bits per heavy atom. The van der Waals surface area contributed by atoms with Crippen LogP contribution in [0.5, 0.6) is 0 Å². The number of hydrogen-bond acceptors (Lipinski definition) is 7. The van der Waals surface area contributed by atoms with Crippen LogP contribution < -0.4 is 10.0 Å². The van der Waals surface area contributed by atoms with Crippen LogP contribution in [-0.4, -0.2) is 24.6 Å². The third kappa shape index (κ3) is 4.65. The minimum absolute atomic E-state index is 0.00122. The zero-order valence-electron chi connectivity index (χ0n) is 15.8. The van der Waals surface area contributed by atoms with Gasteiger partial charge in [-0.15, -0.1) is 0 Å². The largest absolute Gasteiger partial charge is 0.386 e. The lowest BCUT2D eigenvalue weighted by Gasteiger charge is -2.16. The molecule has 1 aromatic heterocycles. The Morgan fingerprint density at radius 1 is 1.13 bits per heavy atom. The maximum atomic E-state index is 12.5. The zero-order chi connectivity index (χ0) is 21.7. The Bertz CT molecular complexity index is 1170. The second kappa shape index (κ2) is 8.77. The van der Waals surface area contributed by atoms with Crippen LogP contribution in [-0.2, 0) is 14.8 Å². The molecule has 3 aromatic rings. The summed E-state index contributed by atoms with van der Waals surface area (Å²) in [6, 6.07) is 15.6. The Kier molecular flexibility index (Phi) is 6.15. The lowest BCUT2D eigenvalue weighted by Crippen LogP contribution is -2.27. The fourth-order valence-corrected chi connectivity index (χ4v) is 3.76. The molecule has 10 heteroatoms. The summed E-state index contributed by atoms with van der Waals surface area (Å²) in [6.07, 6.45) is -0.173. The standard InChI is InChI=1S/C20H18N4O5S/c1-13-18(12-22-29-13)19(25)17(11-21)20(26)23-14-7-9-16(10-8-14)30(27,28)24-15-5-3-2-4-6-15/h2-10,12,17,19,24-25H,1H3,(H,23,26). The van der Waals surface area contributed by atoms with Crippen molar-refractivity contribution in [1.82, 2.24) is 5.16 Å². The number of para-hydroxylation sites is 1. The van der Waals surface area contributed by atoms with Gasteiger partial charge in [-0.2, -0.15) is 5.26 Å². The third-order valence-electron chi connectivity index (χ3n) is 4.30. The van der Waals surface area contributed by atoms with Crippen molar-refractivity contribution in [3.05, 3.63) is 72.1 Å². The highest BCUT2D eigenvalue weighted by molar-refractivity contribution is 7.92. The van der Waals surface area contributed by atoms with E-state index in [1.807, 2.05) is 0 Å². The molecule has 2 atom stereocenters. The van der Waals surface area contributed by atoms with Gasteiger partial charge in [-0.25, -0.2) is 8.42 Å². The van der Waals surface area contributed by atoms with Crippen LogP contribution in [0.4, 0.5) is 11.4 Å². The number of carbonyl (C=O) groups excluding carboxylic acids is 1. The number of nitriles is 1. The maximum absolute atomic E-state index is 12.5. The third-order valence-corrected chi connectivity index (χ3v) is 5.70. The SMILES string of the molecule is Cc1oncc1C(O)C(C#N)C(=O)Nc1ccc(S(=O)(=O)Nc2ccccc2)cc1. The minimum Gasteiger partial charge on any atom is -0.386 e. The number of nitrogens with one attached hydrogen (secondary N) is 2. The number of nitrogens with zero attached hydrogens (tertiary/aromatic N) is 2. The second-order valence-corrected chi connectivity index (χ2v) is 8.06. The highest BCUT2D eigenvalue weighted by Crippen LogP contribution is 2.26. The molecule has 0 radical (unpaired) electrons. The van der Waals surface area contributed by atoms with Gasteiger partial charge >= 0.3 is 0 Å². The number of amides is 1. The van der Waals surface area contributed by atoms with E-state index in [-0.39, 0.29) is 16.1 Å². The van der Waals surface area contributed by atoms with Crippen molar-refractivity contribution in [3.8, 4) is 6.07 Å². The molecule has 2 unspecified atom stereocenters. The molecule has 2 aromatic carbocycles. The van der Waals surface area contributed by atoms with Crippen LogP contribution in [0.15, 0.2) is 70.2 Å². The summed E-state index contributed by atoms with van der Waals surface area (Å²) < 4.78 is 32.2. The van der Waals surface area contributed by atoms with Crippen molar-refractivity contribution in [3.63, 3.8) is 0 Å². The predicted octanol–water partition coefficient (Wildman–Crippen LogP) is 2.60. The van der Waals surface area contributed by atoms with E-state index < -0.39 is 28.0 Å². The van der Waals surface area contributed by atoms with Crippen molar-refractivity contribution >= 4 is 27.3 Å². The van der Waals surface area contributed by atoms with E-state index >= 15 is 0 Å². The summed E-state index contributed by atoms with van der Waals surface area (Å²) in [5, 5.41) is 25.7. The molecule has 3 rings (SSSR count). The molecule has 0 aliphatic carbocycles. The smallest absolute Gasteiger partial charge is 0.261 e. The topological polar surface area (TPSA) is 145 Å². The monoisotopic (exact) mass is 426 g/mol. The van der Waals surface area contributed by atoms with E-state index in [0.717, 1.165) is 0 Å². The van der Waals surface area contributed by atoms with Crippen LogP contribution in [0.2, 0.25) is 0 Å². The minimum atomic E-state index is -3.80. The molecular formula is C20H18N4O5S. The van der Waals surface area contributed by atoms with Crippen LogP contribution in [0.25, 0.3) is 0 Å². The van der Waals surface area contributed by atoms with E-state index in [9.17, 15) is 23.6 Å². The molecule has 0 bridgehead atoms. The molecule has 3 N–H and O–H groups in total. The highest BCUT2D eigenvalue weighted by Gasteiger charge is 2.30. The van der Waals surface area contributed by atoms with Crippen molar-refractivity contribution in [2.45, 2.75) is 17.9 Å². The van der Waals surface area contributed by atoms with Gasteiger partial charge in [-0.1, -0.05) is 23.4 Å². The van der Waals surface area contributed by atoms with E-state index in [1.54, 1.807) is 43.3 Å². The van der Waals surface area contributed by atoms with E-state index in [4.69, 9.17) is 4.52 Å². The van der Waals surface area contributed by atoms with Gasteiger partial charge in [0.2, 0.25) is 5.91 Å². The van der Waals surface area contributed by atoms with Gasteiger partial charge in [0.1, 0.15) is 11.9 Å². The van der Waals surface area contributed by atoms with E-state index in [2.05, 4.69) is 15.2 Å². The molecule has 0 saturated carbocycles. The van der Waals surface area contributed by atoms with Gasteiger partial charge in [0.25, 0.3) is 10.0 Å². The molecule has 1 amide bonds. The van der Waals surface area contributed by atoms with Crippen molar-refractivity contribution in [2.24, 2.45) is 5.92 Å². The average Bonchev–Trinajstić information content (AvgIpc) is 3.15. The van der Waals surface area contributed by atoms with Crippen LogP contribution in [0.3, 0.4) is 0 Å². The summed E-state index contributed by atoms with van der Waals surface area (Å²) in [5.74, 6) is -1.86. The van der Waals surface area contributed by atoms with Crippen LogP contribution >= 0.6 is 0 Å². The van der Waals surface area contributed by atoms with Gasteiger partial charge in [0.15, 0.2) is 5.92 Å².